The molecule has 7 nitrogen and oxygen atoms in total. The number of carbonyl (C=O) groups excluding carboxylic acids is 1. The highest BCUT2D eigenvalue weighted by Crippen LogP contribution is 2.28. The molecule has 158 valence electrons. The predicted octanol–water partition coefficient (Wildman–Crippen LogP) is 2.69. The molecular weight excluding hydrogens is 479 g/mol. The van der Waals surface area contributed by atoms with E-state index in [-0.39, 0.29) is 35.8 Å². The highest BCUT2D eigenvalue weighted by Gasteiger charge is 2.28. The third-order valence-corrected chi connectivity index (χ3v) is 4.65. The molecule has 3 rings (SSSR count). The summed E-state index contributed by atoms with van der Waals surface area (Å²) in [6, 6.07) is 10.3. The Morgan fingerprint density at radius 1 is 1.17 bits per heavy atom. The Morgan fingerprint density at radius 2 is 1.90 bits per heavy atom. The molecular formula is C21H31IN6O. The fourth-order valence-corrected chi connectivity index (χ4v) is 3.09. The molecule has 8 heteroatoms. The molecule has 1 aromatic heterocycles. The zero-order valence-corrected chi connectivity index (χ0v) is 19.7. The van der Waals surface area contributed by atoms with E-state index in [9.17, 15) is 4.79 Å². The van der Waals surface area contributed by atoms with Gasteiger partial charge in [0.15, 0.2) is 5.96 Å². The first-order valence-corrected chi connectivity index (χ1v) is 10.00. The van der Waals surface area contributed by atoms with Crippen molar-refractivity contribution >= 4 is 35.8 Å². The summed E-state index contributed by atoms with van der Waals surface area (Å²) in [6.45, 7) is 8.65. The van der Waals surface area contributed by atoms with Gasteiger partial charge in [-0.1, -0.05) is 18.2 Å². The SMILES string of the molecule is CCNC(=NCc1ccccc1-n1nc(C)cc1C)NCCNC(=O)C1CC1.I. The maximum Gasteiger partial charge on any atom is 0.223 e. The molecule has 1 saturated carbocycles. The van der Waals surface area contributed by atoms with E-state index in [1.54, 1.807) is 0 Å². The van der Waals surface area contributed by atoms with Crippen LogP contribution in [0.5, 0.6) is 0 Å². The number of nitrogens with zero attached hydrogens (tertiary/aromatic N) is 3. The Hall–Kier alpha value is -2.10. The normalized spacial score (nSPS) is 13.6. The van der Waals surface area contributed by atoms with E-state index in [4.69, 9.17) is 4.99 Å². The molecule has 0 radical (unpaired) electrons. The number of carbonyl (C=O) groups is 1. The Bertz CT molecular complexity index is 843. The fraction of sp³-hybridized carbons (Fsp3) is 0.476. The van der Waals surface area contributed by atoms with Gasteiger partial charge in [0, 0.05) is 31.2 Å². The lowest BCUT2D eigenvalue weighted by molar-refractivity contribution is -0.122. The van der Waals surface area contributed by atoms with E-state index in [1.807, 2.05) is 30.7 Å². The Balaban J connectivity index is 0.00000300. The van der Waals surface area contributed by atoms with Crippen molar-refractivity contribution in [1.29, 1.82) is 0 Å². The number of nitrogens with one attached hydrogen (secondary N) is 3. The second kappa shape index (κ2) is 11.2. The number of aliphatic imine (C=N–C) groups is 1. The summed E-state index contributed by atoms with van der Waals surface area (Å²) < 4.78 is 1.97. The third kappa shape index (κ3) is 6.73. The van der Waals surface area contributed by atoms with E-state index in [0.717, 1.165) is 48.0 Å². The van der Waals surface area contributed by atoms with Crippen molar-refractivity contribution in [2.75, 3.05) is 19.6 Å². The quantitative estimate of drug-likeness (QED) is 0.221. The number of aromatic nitrogens is 2. The molecule has 1 amide bonds. The van der Waals surface area contributed by atoms with Crippen molar-refractivity contribution in [2.45, 2.75) is 40.2 Å². The van der Waals surface area contributed by atoms with E-state index in [2.05, 4.69) is 46.2 Å². The number of para-hydroxylation sites is 1. The summed E-state index contributed by atoms with van der Waals surface area (Å²) >= 11 is 0. The topological polar surface area (TPSA) is 83.3 Å². The van der Waals surface area contributed by atoms with Gasteiger partial charge in [0.05, 0.1) is 17.9 Å². The number of hydrogen-bond donors (Lipinski definition) is 3. The minimum absolute atomic E-state index is 0. The van der Waals surface area contributed by atoms with Crippen LogP contribution < -0.4 is 16.0 Å². The number of halogens is 1. The van der Waals surface area contributed by atoms with Gasteiger partial charge >= 0.3 is 0 Å². The molecule has 1 aromatic carbocycles. The molecule has 29 heavy (non-hydrogen) atoms. The van der Waals surface area contributed by atoms with Crippen molar-refractivity contribution in [3.63, 3.8) is 0 Å². The van der Waals surface area contributed by atoms with Crippen LogP contribution in [0.1, 0.15) is 36.7 Å². The van der Waals surface area contributed by atoms with Gasteiger partial charge in [-0.15, -0.1) is 24.0 Å². The molecule has 1 aliphatic rings. The Morgan fingerprint density at radius 3 is 2.55 bits per heavy atom. The molecule has 1 aliphatic carbocycles. The average molecular weight is 510 g/mol. The highest BCUT2D eigenvalue weighted by atomic mass is 127. The maximum absolute atomic E-state index is 11.7. The number of hydrogen-bond acceptors (Lipinski definition) is 3. The molecule has 0 aliphatic heterocycles. The smallest absolute Gasteiger partial charge is 0.223 e. The van der Waals surface area contributed by atoms with E-state index in [1.165, 1.54) is 0 Å². The number of amides is 1. The van der Waals surface area contributed by atoms with Crippen molar-refractivity contribution < 1.29 is 4.79 Å². The summed E-state index contributed by atoms with van der Waals surface area (Å²) in [6.07, 6.45) is 2.05. The number of guanidine groups is 1. The van der Waals surface area contributed by atoms with Crippen LogP contribution in [-0.2, 0) is 11.3 Å². The Kier molecular flexibility index (Phi) is 8.94. The highest BCUT2D eigenvalue weighted by molar-refractivity contribution is 14.0. The molecule has 0 unspecified atom stereocenters. The maximum atomic E-state index is 11.7. The number of rotatable bonds is 8. The van der Waals surface area contributed by atoms with Gasteiger partial charge in [-0.05, 0) is 51.3 Å². The van der Waals surface area contributed by atoms with Crippen LogP contribution in [0.2, 0.25) is 0 Å². The summed E-state index contributed by atoms with van der Waals surface area (Å²) in [4.78, 5) is 16.4. The zero-order valence-electron chi connectivity index (χ0n) is 17.4. The van der Waals surface area contributed by atoms with Gasteiger partial charge in [0.25, 0.3) is 0 Å². The van der Waals surface area contributed by atoms with Crippen LogP contribution in [-0.4, -0.2) is 41.3 Å². The molecule has 1 fully saturated rings. The van der Waals surface area contributed by atoms with E-state index < -0.39 is 0 Å². The average Bonchev–Trinajstić information content (AvgIpc) is 3.48. The second-order valence-electron chi connectivity index (χ2n) is 7.15. The van der Waals surface area contributed by atoms with Crippen LogP contribution in [0.4, 0.5) is 0 Å². The lowest BCUT2D eigenvalue weighted by Gasteiger charge is -2.13. The first-order valence-electron chi connectivity index (χ1n) is 10.00. The molecule has 0 spiro atoms. The van der Waals surface area contributed by atoms with Gasteiger partial charge in [-0.3, -0.25) is 4.79 Å². The number of benzene rings is 1. The van der Waals surface area contributed by atoms with E-state index in [0.29, 0.717) is 19.6 Å². The summed E-state index contributed by atoms with van der Waals surface area (Å²) in [5, 5.41) is 14.1. The van der Waals surface area contributed by atoms with E-state index >= 15 is 0 Å². The van der Waals surface area contributed by atoms with Gasteiger partial charge in [0.1, 0.15) is 0 Å². The number of aryl methyl sites for hydroxylation is 2. The molecule has 0 bridgehead atoms. The van der Waals surface area contributed by atoms with Crippen molar-refractivity contribution in [1.82, 2.24) is 25.7 Å². The Labute approximate surface area is 189 Å². The minimum Gasteiger partial charge on any atom is -0.357 e. The third-order valence-electron chi connectivity index (χ3n) is 4.65. The first-order chi connectivity index (χ1) is 13.6. The lowest BCUT2D eigenvalue weighted by atomic mass is 10.2. The molecule has 1 heterocycles. The predicted molar refractivity (Wildman–Crippen MR) is 127 cm³/mol. The van der Waals surface area contributed by atoms with Crippen LogP contribution >= 0.6 is 24.0 Å². The van der Waals surface area contributed by atoms with Crippen LogP contribution in [0.3, 0.4) is 0 Å². The lowest BCUT2D eigenvalue weighted by Crippen LogP contribution is -2.41. The monoisotopic (exact) mass is 510 g/mol. The standard InChI is InChI=1S/C21H30N6O.HI/c1-4-22-21(24-12-11-23-20(28)17-9-10-17)25-14-18-7-5-6-8-19(18)27-16(3)13-15(2)26-27;/h5-8,13,17H,4,9-12,14H2,1-3H3,(H,23,28)(H2,22,24,25);1H. The molecule has 0 saturated heterocycles. The van der Waals surface area contributed by atoms with Gasteiger partial charge < -0.3 is 16.0 Å². The second-order valence-corrected chi connectivity index (χ2v) is 7.15. The summed E-state index contributed by atoms with van der Waals surface area (Å²) in [5.41, 5.74) is 4.25. The van der Waals surface area contributed by atoms with Crippen molar-refractivity contribution in [3.8, 4) is 5.69 Å². The van der Waals surface area contributed by atoms with Crippen molar-refractivity contribution in [2.24, 2.45) is 10.9 Å². The van der Waals surface area contributed by atoms with Crippen LogP contribution in [0.15, 0.2) is 35.3 Å². The van der Waals surface area contributed by atoms with Crippen LogP contribution in [0, 0.1) is 19.8 Å². The first kappa shape index (κ1) is 23.2. The van der Waals surface area contributed by atoms with Gasteiger partial charge in [-0.2, -0.15) is 5.10 Å². The largest absolute Gasteiger partial charge is 0.357 e. The van der Waals surface area contributed by atoms with Crippen molar-refractivity contribution in [3.05, 3.63) is 47.3 Å². The van der Waals surface area contributed by atoms with Gasteiger partial charge in [0.2, 0.25) is 5.91 Å². The zero-order chi connectivity index (χ0) is 19.9. The molecule has 3 N–H and O–H groups in total. The van der Waals surface area contributed by atoms with Crippen LogP contribution in [0.25, 0.3) is 5.69 Å². The fourth-order valence-electron chi connectivity index (χ4n) is 3.09. The molecule has 0 atom stereocenters. The minimum atomic E-state index is 0. The van der Waals surface area contributed by atoms with Gasteiger partial charge in [-0.25, -0.2) is 9.67 Å². The summed E-state index contributed by atoms with van der Waals surface area (Å²) in [5.74, 6) is 1.15. The molecule has 2 aromatic rings. The summed E-state index contributed by atoms with van der Waals surface area (Å²) in [7, 11) is 0.